The van der Waals surface area contributed by atoms with Gasteiger partial charge in [-0.1, -0.05) is 225 Å². The Kier molecular flexibility index (Phi) is 40.6. The summed E-state index contributed by atoms with van der Waals surface area (Å²) < 4.78 is 35.1. The zero-order chi connectivity index (χ0) is 91.3. The lowest BCUT2D eigenvalue weighted by molar-refractivity contribution is 0.0544. The fraction of sp³-hybridized carbons (Fsp3) is 0.588. The molecule has 0 atom stereocenters. The molecule has 8 N–H and O–H groups in total. The zero-order valence-electron chi connectivity index (χ0n) is 80.2. The first-order valence-corrected chi connectivity index (χ1v) is 43.5. The van der Waals surface area contributed by atoms with Crippen molar-refractivity contribution in [1.29, 1.82) is 10.5 Å². The fourth-order valence-corrected chi connectivity index (χ4v) is 13.0. The number of aromatic hydroxyl groups is 2. The van der Waals surface area contributed by atoms with Crippen LogP contribution in [-0.2, 0) is 80.5 Å². The molecular weight excluding hydrogens is 1500 g/mol. The number of nitriles is 2. The van der Waals surface area contributed by atoms with Gasteiger partial charge in [0, 0.05) is 38.8 Å². The van der Waals surface area contributed by atoms with Crippen LogP contribution in [0.5, 0.6) is 34.5 Å². The number of alkyl carbamates (subject to hydrolysis) is 2. The summed E-state index contributed by atoms with van der Waals surface area (Å²) in [5.74, 6) is 4.66. The molecule has 18 heteroatoms. The largest absolute Gasteiger partial charge is 0.507 e. The van der Waals surface area contributed by atoms with E-state index in [1.807, 2.05) is 6.92 Å². The van der Waals surface area contributed by atoms with Gasteiger partial charge in [0.25, 0.3) is 0 Å². The van der Waals surface area contributed by atoms with Crippen molar-refractivity contribution < 1.29 is 48.2 Å². The lowest BCUT2D eigenvalue weighted by Crippen LogP contribution is -2.47. The molecule has 6 aromatic carbocycles. The van der Waals surface area contributed by atoms with E-state index in [9.17, 15) is 19.8 Å². The number of carbonyl (C=O) groups is 2. The first kappa shape index (κ1) is 105. The van der Waals surface area contributed by atoms with Gasteiger partial charge in [0.05, 0.1) is 38.6 Å². The summed E-state index contributed by atoms with van der Waals surface area (Å²) in [5, 5.41) is 44.3. The lowest BCUT2D eigenvalue weighted by atomic mass is 9.82. The molecule has 0 radical (unpaired) electrons. The Labute approximate surface area is 725 Å². The second-order valence-corrected chi connectivity index (χ2v) is 39.8. The molecule has 120 heavy (non-hydrogen) atoms. The van der Waals surface area contributed by atoms with Crippen LogP contribution in [-0.4, -0.2) is 85.0 Å². The van der Waals surface area contributed by atoms with Crippen LogP contribution in [0.25, 0.3) is 0 Å². The Morgan fingerprint density at radius 2 is 0.625 bits per heavy atom. The van der Waals surface area contributed by atoms with Gasteiger partial charge >= 0.3 is 12.2 Å². The number of ether oxygens (including phenoxy) is 6. The highest BCUT2D eigenvalue weighted by atomic mass is 16.6. The second-order valence-electron chi connectivity index (χ2n) is 39.8. The number of benzene rings is 6. The molecule has 664 valence electrons. The standard InChI is InChI=1S/C29H45N3O2.C28H47N3O5.C28H39NO2.C17H25NO/c1-9-20-16-24(29(6,7)8)18-22(26(20)34-13-11-10-12-32-27(30)31)15-21-17-23(28(3,4)5)14-19(2)25(21)33;1-12-20-18-21(26(3,4)5)17-19(2)22(20)34-16-14-13-15-29-23(30-24(32)35-27(6,7)8)31-25(33)36-28(9,10)11;1-9-20-16-24(28(6,7)8)17-21(25(20)30)15-22-18-23(27(3,4)5)14-19(2)26(22)31-13-11-10-12-29;1-6-14-12-15(17(3,4)5)11-13(2)16(14)19-10-8-7-9-18/h14,16-18,33H,9-13,15H2,1-8H3,(H4,30,31,32);17-18H,12-16H2,1-11H3,(H2,29,30,31,32,33);14,16-18,30H,9-11,13,15H2,1-8H3;11-12H,6-8,10H2,1-5H3. The summed E-state index contributed by atoms with van der Waals surface area (Å²) >= 11 is 0. The van der Waals surface area contributed by atoms with Gasteiger partial charge in [-0.15, -0.1) is 0 Å². The van der Waals surface area contributed by atoms with Crippen molar-refractivity contribution in [2.24, 2.45) is 21.5 Å². The quantitative estimate of drug-likeness (QED) is 0.0151. The van der Waals surface area contributed by atoms with Crippen molar-refractivity contribution in [3.63, 3.8) is 0 Å². The van der Waals surface area contributed by atoms with Gasteiger partial charge in [0.15, 0.2) is 5.96 Å². The Balaban J connectivity index is 0.000000422. The molecule has 2 amide bonds. The number of nitrogens with zero attached hydrogens (tertiary/aromatic N) is 4. The summed E-state index contributed by atoms with van der Waals surface area (Å²) in [5.41, 5.74) is 30.5. The number of phenolic OH excluding ortho intramolecular Hbond substituents is 2. The van der Waals surface area contributed by atoms with Gasteiger partial charge in [0.2, 0.25) is 5.96 Å². The molecule has 0 saturated heterocycles. The lowest BCUT2D eigenvalue weighted by Gasteiger charge is -2.25. The van der Waals surface area contributed by atoms with E-state index in [0.29, 0.717) is 89.5 Å². The van der Waals surface area contributed by atoms with Gasteiger partial charge < -0.3 is 50.1 Å². The summed E-state index contributed by atoms with van der Waals surface area (Å²) in [6.07, 6.45) is 9.11. The van der Waals surface area contributed by atoms with E-state index >= 15 is 0 Å². The second kappa shape index (κ2) is 46.6. The molecule has 0 heterocycles. The maximum atomic E-state index is 12.2. The third-order valence-electron chi connectivity index (χ3n) is 20.2. The number of hydrogen-bond donors (Lipinski definition) is 6. The molecule has 0 saturated carbocycles. The molecule has 0 aliphatic carbocycles. The number of guanidine groups is 2. The van der Waals surface area contributed by atoms with Gasteiger partial charge in [0.1, 0.15) is 45.7 Å². The molecule has 6 aromatic rings. The number of amides is 2. The third-order valence-corrected chi connectivity index (χ3v) is 20.2. The minimum Gasteiger partial charge on any atom is -0.507 e. The number of nitrogens with two attached hydrogens (primary N) is 2. The number of rotatable bonds is 28. The van der Waals surface area contributed by atoms with Gasteiger partial charge in [-0.2, -0.15) is 10.5 Å². The van der Waals surface area contributed by atoms with Crippen LogP contribution in [0.4, 0.5) is 9.59 Å². The summed E-state index contributed by atoms with van der Waals surface area (Å²) in [4.78, 5) is 32.7. The van der Waals surface area contributed by atoms with E-state index in [-0.39, 0.29) is 44.4 Å². The van der Waals surface area contributed by atoms with Crippen LogP contribution >= 0.6 is 0 Å². The minimum absolute atomic E-state index is 0.00375. The van der Waals surface area contributed by atoms with Crippen molar-refractivity contribution in [2.45, 2.75) is 355 Å². The number of nitrogens with one attached hydrogen (secondary N) is 2. The van der Waals surface area contributed by atoms with Crippen LogP contribution < -0.4 is 41.0 Å². The molecule has 0 fully saturated rings. The van der Waals surface area contributed by atoms with E-state index < -0.39 is 23.4 Å². The Morgan fingerprint density at radius 1 is 0.358 bits per heavy atom. The monoisotopic (exact) mass is 1650 g/mol. The Bertz CT molecular complexity index is 4420. The number of phenols is 2. The first-order chi connectivity index (χ1) is 55.4. The Hall–Kier alpha value is -9.42. The zero-order valence-corrected chi connectivity index (χ0v) is 80.2. The van der Waals surface area contributed by atoms with Crippen molar-refractivity contribution >= 4 is 24.1 Å². The van der Waals surface area contributed by atoms with Crippen molar-refractivity contribution in [2.75, 3.05) is 39.5 Å². The van der Waals surface area contributed by atoms with Crippen molar-refractivity contribution in [1.82, 2.24) is 10.6 Å². The van der Waals surface area contributed by atoms with Crippen LogP contribution in [0.2, 0.25) is 0 Å². The average Bonchev–Trinajstić information content (AvgIpc) is 0.819. The number of hydrogen-bond acceptors (Lipinski definition) is 14. The van der Waals surface area contributed by atoms with Crippen molar-refractivity contribution in [3.8, 4) is 46.6 Å². The molecule has 0 unspecified atom stereocenters. The van der Waals surface area contributed by atoms with Crippen LogP contribution in [0.15, 0.2) is 82.8 Å². The average molecular weight is 1650 g/mol. The van der Waals surface area contributed by atoms with Crippen LogP contribution in [0, 0.1) is 50.4 Å². The Morgan fingerprint density at radius 3 is 0.950 bits per heavy atom. The maximum absolute atomic E-state index is 12.2. The smallest absolute Gasteiger partial charge is 0.414 e. The number of aryl methyl sites for hydroxylation is 8. The molecule has 18 nitrogen and oxygen atoms in total. The molecule has 0 bridgehead atoms. The fourth-order valence-electron chi connectivity index (χ4n) is 13.0. The normalized spacial score (nSPS) is 11.8. The predicted octanol–water partition coefficient (Wildman–Crippen LogP) is 24.0. The maximum Gasteiger partial charge on any atom is 0.414 e. The highest BCUT2D eigenvalue weighted by molar-refractivity contribution is 6.01. The number of carbonyl (C=O) groups excluding carboxylic acids is 2. The predicted molar refractivity (Wildman–Crippen MR) is 498 cm³/mol. The summed E-state index contributed by atoms with van der Waals surface area (Å²) in [6, 6.07) is 30.7. The highest BCUT2D eigenvalue weighted by Gasteiger charge is 2.28. The highest BCUT2D eigenvalue weighted by Crippen LogP contribution is 2.41. The van der Waals surface area contributed by atoms with E-state index in [1.54, 1.807) is 41.5 Å². The SMILES string of the molecule is CCc1cc(C(C)(C)C)cc(C)c1OCCCC#N.CCc1cc(C(C)(C)C)cc(C)c1OCCCCN=C(NC(=O)OC(C)(C)C)NC(=O)OC(C)(C)C.CCc1cc(C(C)(C)C)cc(Cc2cc(C(C)(C)C)cc(C)c2O)c1OCCCCN=C(N)N.CCc1cc(C(C)(C)C)cc(Cc2cc(C(C)(C)C)cc(C)c2OCCCC#N)c1O. The summed E-state index contributed by atoms with van der Waals surface area (Å²) in [7, 11) is 0. The van der Waals surface area contributed by atoms with Gasteiger partial charge in [-0.3, -0.25) is 20.6 Å². The van der Waals surface area contributed by atoms with Gasteiger partial charge in [-0.25, -0.2) is 9.59 Å². The minimum atomic E-state index is -0.707. The molecule has 0 spiro atoms. The molecule has 6 rings (SSSR count). The number of unbranched alkanes of at least 4 members (excludes halogenated alkanes) is 4. The van der Waals surface area contributed by atoms with Crippen LogP contribution in [0.1, 0.15) is 345 Å². The number of aliphatic imine (C=N–C) groups is 2. The van der Waals surface area contributed by atoms with E-state index in [4.69, 9.17) is 50.4 Å². The van der Waals surface area contributed by atoms with Crippen molar-refractivity contribution in [3.05, 3.63) is 173 Å². The van der Waals surface area contributed by atoms with E-state index in [0.717, 1.165) is 119 Å². The topological polar surface area (TPSA) is 278 Å². The van der Waals surface area contributed by atoms with E-state index in [2.05, 4.69) is 279 Å². The molecular formula is C102H156N8O10. The van der Waals surface area contributed by atoms with Gasteiger partial charge in [-0.05, 0) is 266 Å². The molecule has 0 aliphatic rings. The summed E-state index contributed by atoms with van der Waals surface area (Å²) in [6.45, 7) is 70.5. The van der Waals surface area contributed by atoms with E-state index in [1.165, 1.54) is 55.6 Å². The van der Waals surface area contributed by atoms with Crippen LogP contribution in [0.3, 0.4) is 0 Å². The third kappa shape index (κ3) is 36.1. The molecule has 0 aromatic heterocycles. The molecule has 0 aliphatic heterocycles. The first-order valence-electron chi connectivity index (χ1n) is 43.5.